The number of carbonyl (C=O) groups is 1. The van der Waals surface area contributed by atoms with Crippen molar-refractivity contribution in [1.82, 2.24) is 15.5 Å². The summed E-state index contributed by atoms with van der Waals surface area (Å²) in [4.78, 5) is 14.4. The van der Waals surface area contributed by atoms with Crippen molar-refractivity contribution in [3.63, 3.8) is 0 Å². The summed E-state index contributed by atoms with van der Waals surface area (Å²) in [5, 5.41) is 6.60. The molecule has 0 saturated carbocycles. The van der Waals surface area contributed by atoms with Crippen molar-refractivity contribution in [2.75, 3.05) is 26.7 Å². The molecule has 126 valence electrons. The lowest BCUT2D eigenvalue weighted by Gasteiger charge is -2.35. The van der Waals surface area contributed by atoms with Crippen LogP contribution in [-0.4, -0.2) is 49.6 Å². The Morgan fingerprint density at radius 3 is 2.52 bits per heavy atom. The highest BCUT2D eigenvalue weighted by Gasteiger charge is 2.24. The maximum Gasteiger partial charge on any atom is 0.220 e. The Labute approximate surface area is 141 Å². The third-order valence-electron chi connectivity index (χ3n) is 4.81. The molecule has 2 atom stereocenters. The minimum atomic E-state index is 0. The fraction of sp³-hybridized carbons (Fsp3) is 0.933. The number of rotatable bonds is 4. The van der Waals surface area contributed by atoms with Gasteiger partial charge in [0.05, 0.1) is 0 Å². The van der Waals surface area contributed by atoms with Crippen molar-refractivity contribution in [1.29, 1.82) is 0 Å². The third-order valence-corrected chi connectivity index (χ3v) is 4.81. The molecule has 0 aliphatic carbocycles. The number of halogens is 2. The Bertz CT molecular complexity index is 299. The predicted molar refractivity (Wildman–Crippen MR) is 92.6 cm³/mol. The summed E-state index contributed by atoms with van der Waals surface area (Å²) in [5.41, 5.74) is 0. The van der Waals surface area contributed by atoms with E-state index in [1.165, 1.54) is 12.8 Å². The summed E-state index contributed by atoms with van der Waals surface area (Å²) in [7, 11) is 2.17. The van der Waals surface area contributed by atoms with E-state index in [1.807, 2.05) is 0 Å². The lowest BCUT2D eigenvalue weighted by molar-refractivity contribution is -0.122. The highest BCUT2D eigenvalue weighted by atomic mass is 35.5. The predicted octanol–water partition coefficient (Wildman–Crippen LogP) is 2.21. The molecule has 2 heterocycles. The molecule has 2 saturated heterocycles. The zero-order valence-corrected chi connectivity index (χ0v) is 14.9. The van der Waals surface area contributed by atoms with Crippen LogP contribution in [0.2, 0.25) is 0 Å². The van der Waals surface area contributed by atoms with Crippen molar-refractivity contribution < 1.29 is 4.79 Å². The van der Waals surface area contributed by atoms with Gasteiger partial charge in [0.2, 0.25) is 5.91 Å². The second-order valence-electron chi connectivity index (χ2n) is 6.35. The molecule has 2 aliphatic rings. The van der Waals surface area contributed by atoms with Crippen LogP contribution in [0.15, 0.2) is 0 Å². The van der Waals surface area contributed by atoms with Crippen molar-refractivity contribution in [2.24, 2.45) is 5.92 Å². The molecule has 1 amide bonds. The van der Waals surface area contributed by atoms with Gasteiger partial charge in [0.25, 0.3) is 0 Å². The number of hydrogen-bond donors (Lipinski definition) is 2. The molecule has 0 aromatic heterocycles. The third kappa shape index (κ3) is 7.18. The smallest absolute Gasteiger partial charge is 0.220 e. The van der Waals surface area contributed by atoms with Gasteiger partial charge in [0.15, 0.2) is 0 Å². The molecule has 0 radical (unpaired) electrons. The molecule has 0 aromatic carbocycles. The van der Waals surface area contributed by atoms with Gasteiger partial charge in [-0.3, -0.25) is 4.79 Å². The van der Waals surface area contributed by atoms with E-state index < -0.39 is 0 Å². The molecule has 2 fully saturated rings. The number of likely N-dealkylation sites (tertiary alicyclic amines) is 1. The molecule has 2 N–H and O–H groups in total. The van der Waals surface area contributed by atoms with Crippen LogP contribution in [0.1, 0.15) is 45.4 Å². The first-order valence-electron chi connectivity index (χ1n) is 7.85. The molecule has 0 bridgehead atoms. The standard InChI is InChI=1S/C15H29N3O.2ClH/c1-12-11-14(7-10-18(12)2)17-15(19)4-3-13-5-8-16-9-6-13;;/h12-14,16H,3-11H2,1-2H3,(H,17,19);2*1H. The monoisotopic (exact) mass is 339 g/mol. The molecule has 21 heavy (non-hydrogen) atoms. The number of nitrogens with zero attached hydrogens (tertiary/aromatic N) is 1. The van der Waals surface area contributed by atoms with Crippen LogP contribution < -0.4 is 10.6 Å². The van der Waals surface area contributed by atoms with E-state index in [9.17, 15) is 4.79 Å². The zero-order chi connectivity index (χ0) is 13.7. The van der Waals surface area contributed by atoms with Crippen molar-refractivity contribution in [2.45, 2.75) is 57.5 Å². The first kappa shape index (κ1) is 21.0. The highest BCUT2D eigenvalue weighted by molar-refractivity contribution is 5.85. The van der Waals surface area contributed by atoms with Crippen LogP contribution in [0, 0.1) is 5.92 Å². The topological polar surface area (TPSA) is 44.4 Å². The van der Waals surface area contributed by atoms with Crippen LogP contribution in [-0.2, 0) is 4.79 Å². The van der Waals surface area contributed by atoms with Gasteiger partial charge in [-0.15, -0.1) is 24.8 Å². The zero-order valence-electron chi connectivity index (χ0n) is 13.3. The van der Waals surface area contributed by atoms with Gasteiger partial charge in [-0.05, 0) is 65.1 Å². The second kappa shape index (κ2) is 10.7. The van der Waals surface area contributed by atoms with Gasteiger partial charge in [-0.25, -0.2) is 0 Å². The van der Waals surface area contributed by atoms with Gasteiger partial charge >= 0.3 is 0 Å². The van der Waals surface area contributed by atoms with Gasteiger partial charge in [0, 0.05) is 25.0 Å². The molecule has 0 spiro atoms. The average molecular weight is 340 g/mol. The summed E-state index contributed by atoms with van der Waals surface area (Å²) in [5.74, 6) is 1.02. The lowest BCUT2D eigenvalue weighted by Crippen LogP contribution is -2.47. The van der Waals surface area contributed by atoms with E-state index in [1.54, 1.807) is 0 Å². The van der Waals surface area contributed by atoms with Crippen LogP contribution in [0.4, 0.5) is 0 Å². The SMILES string of the molecule is CC1CC(NC(=O)CCC2CCNCC2)CCN1C.Cl.Cl. The molecule has 2 aliphatic heterocycles. The second-order valence-corrected chi connectivity index (χ2v) is 6.35. The maximum atomic E-state index is 12.0. The molecule has 2 rings (SSSR count). The average Bonchev–Trinajstić information content (AvgIpc) is 2.42. The Kier molecular flexibility index (Phi) is 10.6. The first-order chi connectivity index (χ1) is 9.15. The quantitative estimate of drug-likeness (QED) is 0.825. The normalized spacial score (nSPS) is 27.3. The van der Waals surface area contributed by atoms with Gasteiger partial charge in [-0.2, -0.15) is 0 Å². The number of carbonyl (C=O) groups excluding carboxylic acids is 1. The van der Waals surface area contributed by atoms with Gasteiger partial charge in [0.1, 0.15) is 0 Å². The fourth-order valence-corrected chi connectivity index (χ4v) is 3.23. The van der Waals surface area contributed by atoms with E-state index in [4.69, 9.17) is 0 Å². The largest absolute Gasteiger partial charge is 0.353 e. The van der Waals surface area contributed by atoms with E-state index in [0.29, 0.717) is 18.5 Å². The Morgan fingerprint density at radius 2 is 1.90 bits per heavy atom. The van der Waals surface area contributed by atoms with E-state index in [0.717, 1.165) is 44.8 Å². The van der Waals surface area contributed by atoms with E-state index >= 15 is 0 Å². The van der Waals surface area contributed by atoms with E-state index in [2.05, 4.69) is 29.5 Å². The van der Waals surface area contributed by atoms with Crippen LogP contribution in [0.3, 0.4) is 0 Å². The fourth-order valence-electron chi connectivity index (χ4n) is 3.23. The van der Waals surface area contributed by atoms with Crippen molar-refractivity contribution >= 4 is 30.7 Å². The van der Waals surface area contributed by atoms with Crippen molar-refractivity contribution in [3.8, 4) is 0 Å². The highest BCUT2D eigenvalue weighted by Crippen LogP contribution is 2.19. The van der Waals surface area contributed by atoms with Crippen molar-refractivity contribution in [3.05, 3.63) is 0 Å². The molecular formula is C15H31Cl2N3O. The van der Waals surface area contributed by atoms with Crippen LogP contribution >= 0.6 is 24.8 Å². The van der Waals surface area contributed by atoms with E-state index in [-0.39, 0.29) is 30.7 Å². The number of hydrogen-bond acceptors (Lipinski definition) is 3. The molecule has 0 aromatic rings. The van der Waals surface area contributed by atoms with Crippen LogP contribution in [0.25, 0.3) is 0 Å². The number of nitrogens with one attached hydrogen (secondary N) is 2. The summed E-state index contributed by atoms with van der Waals surface area (Å²) in [6.45, 7) is 5.59. The summed E-state index contributed by atoms with van der Waals surface area (Å²) in [6, 6.07) is 0.982. The van der Waals surface area contributed by atoms with Gasteiger partial charge in [-0.1, -0.05) is 0 Å². The van der Waals surface area contributed by atoms with Gasteiger partial charge < -0.3 is 15.5 Å². The minimum absolute atomic E-state index is 0. The molecule has 6 heteroatoms. The summed E-state index contributed by atoms with van der Waals surface area (Å²) >= 11 is 0. The Hall–Kier alpha value is -0.0300. The Morgan fingerprint density at radius 1 is 1.24 bits per heavy atom. The first-order valence-corrected chi connectivity index (χ1v) is 7.85. The molecular weight excluding hydrogens is 309 g/mol. The maximum absolute atomic E-state index is 12.0. The number of amides is 1. The minimum Gasteiger partial charge on any atom is -0.353 e. The molecule has 4 nitrogen and oxygen atoms in total. The summed E-state index contributed by atoms with van der Waals surface area (Å²) in [6.07, 6.45) is 6.44. The Balaban J connectivity index is 0.00000200. The molecule has 2 unspecified atom stereocenters. The van der Waals surface area contributed by atoms with Crippen LogP contribution in [0.5, 0.6) is 0 Å². The summed E-state index contributed by atoms with van der Waals surface area (Å²) < 4.78 is 0. The number of piperidine rings is 2. The lowest BCUT2D eigenvalue weighted by atomic mass is 9.93.